The lowest BCUT2D eigenvalue weighted by atomic mass is 9.77. The Morgan fingerprint density at radius 1 is 0.706 bits per heavy atom. The molecule has 8 rings (SSSR count). The number of amides is 2. The number of rotatable bonds is 12. The zero-order chi connectivity index (χ0) is 48.3. The molecule has 14 heteroatoms. The molecule has 1 aliphatic heterocycles. The number of anilines is 1. The number of nitrogens with zero attached hydrogens (tertiary/aromatic N) is 4. The van der Waals surface area contributed by atoms with Crippen molar-refractivity contribution in [3.63, 3.8) is 0 Å². The first kappa shape index (κ1) is 46.9. The van der Waals surface area contributed by atoms with Crippen LogP contribution in [0.25, 0.3) is 22.5 Å². The normalized spacial score (nSPS) is 15.3. The van der Waals surface area contributed by atoms with Gasteiger partial charge in [-0.3, -0.25) is 9.59 Å². The Bertz CT molecular complexity index is 2800. The maximum absolute atomic E-state index is 14.7. The van der Waals surface area contributed by atoms with Gasteiger partial charge < -0.3 is 20.7 Å². The fraction of sp³-hybridized carbons (Fsp3) is 0.259. The summed E-state index contributed by atoms with van der Waals surface area (Å²) < 4.78 is 48.8. The van der Waals surface area contributed by atoms with E-state index in [1.807, 2.05) is 95.7 Å². The summed E-state index contributed by atoms with van der Waals surface area (Å²) in [5.41, 5.74) is 2.54. The highest BCUT2D eigenvalue weighted by molar-refractivity contribution is 6.03. The number of carbonyl (C=O) groups excluding carboxylic acids is 3. The van der Waals surface area contributed by atoms with Crippen molar-refractivity contribution < 1.29 is 32.3 Å². The number of carbonyl (C=O) groups is 3. The molecule has 2 heterocycles. The number of alkyl halides is 3. The van der Waals surface area contributed by atoms with Gasteiger partial charge in [0, 0.05) is 28.8 Å². The highest BCUT2D eigenvalue weighted by Gasteiger charge is 2.42. The molecule has 0 fully saturated rings. The number of fused-ring (bicyclic) bond motifs is 1. The number of hydrogen-bond donors (Lipinski definition) is 3. The van der Waals surface area contributed by atoms with Gasteiger partial charge in [-0.1, -0.05) is 140 Å². The van der Waals surface area contributed by atoms with E-state index in [1.165, 1.54) is 6.07 Å². The number of alkyl carbamates (subject to hydrolysis) is 1. The SMILES string of the molecule is CC(C)(CC(=O)NC1CCc2cc(C(F)(F)F)ccc2NC1C(=O)c1ccc(-c2ccccc2-c2nnnn2C(c2ccccc2)(c2ccccc2)c2ccccc2)cc1)NC(=O)OC(C)(C)C. The molecule has 3 N–H and O–H groups in total. The topological polar surface area (TPSA) is 140 Å². The van der Waals surface area contributed by atoms with Crippen LogP contribution in [0.1, 0.15) is 85.6 Å². The van der Waals surface area contributed by atoms with Gasteiger partial charge in [0.15, 0.2) is 11.6 Å². The van der Waals surface area contributed by atoms with Gasteiger partial charge in [0.2, 0.25) is 5.91 Å². The van der Waals surface area contributed by atoms with E-state index >= 15 is 0 Å². The molecule has 0 spiro atoms. The fourth-order valence-electron chi connectivity index (χ4n) is 8.96. The lowest BCUT2D eigenvalue weighted by Gasteiger charge is -2.36. The van der Waals surface area contributed by atoms with Gasteiger partial charge in [-0.05, 0) is 109 Å². The maximum Gasteiger partial charge on any atom is 0.416 e. The van der Waals surface area contributed by atoms with Crippen LogP contribution < -0.4 is 16.0 Å². The van der Waals surface area contributed by atoms with Crippen LogP contribution in [0.2, 0.25) is 0 Å². The molecule has 1 aromatic heterocycles. The first-order valence-corrected chi connectivity index (χ1v) is 22.4. The van der Waals surface area contributed by atoms with Gasteiger partial charge in [-0.15, -0.1) is 5.10 Å². The van der Waals surface area contributed by atoms with Crippen LogP contribution in [0, 0.1) is 0 Å². The van der Waals surface area contributed by atoms with Gasteiger partial charge in [0.1, 0.15) is 17.2 Å². The number of Topliss-reactive ketones (excluding diaryl/α,β-unsaturated/α-hetero) is 1. The Kier molecular flexibility index (Phi) is 13.1. The molecule has 0 aliphatic carbocycles. The number of tetrazole rings is 1. The summed E-state index contributed by atoms with van der Waals surface area (Å²) in [6.45, 7) is 8.53. The van der Waals surface area contributed by atoms with Crippen LogP contribution >= 0.6 is 0 Å². The molecule has 7 aromatic rings. The first-order valence-electron chi connectivity index (χ1n) is 22.4. The number of nitrogens with one attached hydrogen (secondary N) is 3. The van der Waals surface area contributed by atoms with Gasteiger partial charge in [0.25, 0.3) is 0 Å². The summed E-state index contributed by atoms with van der Waals surface area (Å²) in [7, 11) is 0. The Morgan fingerprint density at radius 3 is 1.82 bits per heavy atom. The van der Waals surface area contributed by atoms with E-state index in [-0.39, 0.29) is 25.0 Å². The summed E-state index contributed by atoms with van der Waals surface area (Å²) in [6.07, 6.45) is -5.14. The first-order chi connectivity index (χ1) is 32.4. The molecular formula is C54H52F3N7O4. The molecular weight excluding hydrogens is 868 g/mol. The number of aryl methyl sites for hydroxylation is 1. The van der Waals surface area contributed by atoms with Gasteiger partial charge in [-0.2, -0.15) is 13.2 Å². The van der Waals surface area contributed by atoms with Crippen LogP contribution in [-0.2, 0) is 27.7 Å². The van der Waals surface area contributed by atoms with Gasteiger partial charge in [0.05, 0.1) is 11.6 Å². The predicted molar refractivity (Wildman–Crippen MR) is 255 cm³/mol. The van der Waals surface area contributed by atoms with Crippen molar-refractivity contribution >= 4 is 23.5 Å². The number of halogens is 3. The van der Waals surface area contributed by atoms with Crippen LogP contribution in [0.5, 0.6) is 0 Å². The number of hydrogen-bond acceptors (Lipinski definition) is 8. The third kappa shape index (κ3) is 10.0. The zero-order valence-corrected chi connectivity index (χ0v) is 38.3. The zero-order valence-electron chi connectivity index (χ0n) is 38.3. The van der Waals surface area contributed by atoms with Crippen LogP contribution in [0.15, 0.2) is 158 Å². The molecule has 0 radical (unpaired) electrons. The second-order valence-corrected chi connectivity index (χ2v) is 18.6. The second-order valence-electron chi connectivity index (χ2n) is 18.6. The van der Waals surface area contributed by atoms with Gasteiger partial charge >= 0.3 is 12.3 Å². The number of aromatic nitrogens is 4. The highest BCUT2D eigenvalue weighted by atomic mass is 19.4. The van der Waals surface area contributed by atoms with E-state index in [4.69, 9.17) is 9.95 Å². The number of benzene rings is 6. The Balaban J connectivity index is 1.13. The van der Waals surface area contributed by atoms with E-state index in [2.05, 4.69) is 62.7 Å². The average molecular weight is 920 g/mol. The summed E-state index contributed by atoms with van der Waals surface area (Å²) in [4.78, 5) is 41.0. The van der Waals surface area contributed by atoms with Crippen molar-refractivity contribution in [2.45, 2.75) is 88.8 Å². The van der Waals surface area contributed by atoms with Crippen molar-refractivity contribution in [1.29, 1.82) is 0 Å². The summed E-state index contributed by atoms with van der Waals surface area (Å²) in [5.74, 6) is -0.352. The standard InChI is InChI=1S/C54H52F3N7O4/c1-51(2,3)68-50(67)60-52(4,5)34-46(65)58-45-31-29-37-33-41(54(55,56)57)30-32-44(37)59-47(45)48(66)36-27-25-35(26-28-36)42-23-15-16-24-43(42)49-61-62-63-64(49)53(38-17-9-6-10-18-38,39-19-11-7-12-20-39)40-21-13-8-14-22-40/h6-28,30,32-33,45,47,59H,29,31,34H2,1-5H3,(H,58,65)(H,60,67). The summed E-state index contributed by atoms with van der Waals surface area (Å²) in [6, 6.07) is 46.5. The Morgan fingerprint density at radius 2 is 1.26 bits per heavy atom. The van der Waals surface area contributed by atoms with Crippen molar-refractivity contribution in [3.8, 4) is 22.5 Å². The molecule has 2 amide bonds. The summed E-state index contributed by atoms with van der Waals surface area (Å²) >= 11 is 0. The average Bonchev–Trinajstić information content (AvgIpc) is 3.72. The molecule has 6 aromatic carbocycles. The van der Waals surface area contributed by atoms with Crippen molar-refractivity contribution in [3.05, 3.63) is 191 Å². The smallest absolute Gasteiger partial charge is 0.416 e. The lowest BCUT2D eigenvalue weighted by Crippen LogP contribution is -2.53. The van der Waals surface area contributed by atoms with Crippen molar-refractivity contribution in [1.82, 2.24) is 30.8 Å². The Hall–Kier alpha value is -7.61. The van der Waals surface area contributed by atoms with Crippen LogP contribution in [0.3, 0.4) is 0 Å². The molecule has 11 nitrogen and oxygen atoms in total. The van der Waals surface area contributed by atoms with E-state index in [1.54, 1.807) is 46.8 Å². The van der Waals surface area contributed by atoms with Crippen molar-refractivity contribution in [2.24, 2.45) is 0 Å². The van der Waals surface area contributed by atoms with E-state index in [0.29, 0.717) is 22.6 Å². The quantitative estimate of drug-likeness (QED) is 0.0813. The minimum absolute atomic E-state index is 0.149. The molecule has 0 saturated heterocycles. The second kappa shape index (κ2) is 18.9. The van der Waals surface area contributed by atoms with Crippen LogP contribution in [0.4, 0.5) is 23.7 Å². The molecule has 0 saturated carbocycles. The maximum atomic E-state index is 14.7. The molecule has 2 atom stereocenters. The van der Waals surface area contributed by atoms with E-state index < -0.39 is 52.5 Å². The Labute approximate surface area is 393 Å². The third-order valence-corrected chi connectivity index (χ3v) is 12.0. The highest BCUT2D eigenvalue weighted by Crippen LogP contribution is 2.43. The number of ketones is 1. The fourth-order valence-corrected chi connectivity index (χ4v) is 8.96. The third-order valence-electron chi connectivity index (χ3n) is 12.0. The van der Waals surface area contributed by atoms with Gasteiger partial charge in [-0.25, -0.2) is 9.48 Å². The predicted octanol–water partition coefficient (Wildman–Crippen LogP) is 10.7. The van der Waals surface area contributed by atoms with E-state index in [0.717, 1.165) is 45.5 Å². The van der Waals surface area contributed by atoms with Crippen LogP contribution in [-0.4, -0.2) is 61.2 Å². The lowest BCUT2D eigenvalue weighted by molar-refractivity contribution is -0.137. The molecule has 1 aliphatic rings. The van der Waals surface area contributed by atoms with Crippen molar-refractivity contribution in [2.75, 3.05) is 5.32 Å². The minimum Gasteiger partial charge on any atom is -0.444 e. The largest absolute Gasteiger partial charge is 0.444 e. The minimum atomic E-state index is -4.57. The molecule has 348 valence electrons. The monoisotopic (exact) mass is 919 g/mol. The molecule has 68 heavy (non-hydrogen) atoms. The van der Waals surface area contributed by atoms with E-state index in [9.17, 15) is 27.6 Å². The summed E-state index contributed by atoms with van der Waals surface area (Å²) in [5, 5.41) is 22.6. The number of ether oxygens (including phenoxy) is 1. The molecule has 2 unspecified atom stereocenters. The molecule has 0 bridgehead atoms.